The van der Waals surface area contributed by atoms with Crippen molar-refractivity contribution in [1.82, 2.24) is 0 Å². The van der Waals surface area contributed by atoms with Crippen molar-refractivity contribution in [1.29, 1.82) is 0 Å². The molecular formula is C18H24O2. The minimum atomic E-state index is -1.11. The first-order valence-corrected chi connectivity index (χ1v) is 7.61. The number of hydrogen-bond acceptors (Lipinski definition) is 2. The van der Waals surface area contributed by atoms with Crippen LogP contribution in [0.3, 0.4) is 0 Å². The van der Waals surface area contributed by atoms with Gasteiger partial charge in [-0.05, 0) is 30.6 Å². The number of carbonyl (C=O) groups excluding carboxylic acids is 1. The summed E-state index contributed by atoms with van der Waals surface area (Å²) in [6.07, 6.45) is 6.89. The molecule has 108 valence electrons. The zero-order valence-corrected chi connectivity index (χ0v) is 12.4. The van der Waals surface area contributed by atoms with Gasteiger partial charge in [0.25, 0.3) is 0 Å². The Balaban J connectivity index is 2.19. The Hall–Kier alpha value is -1.41. The highest BCUT2D eigenvalue weighted by Crippen LogP contribution is 2.44. The Morgan fingerprint density at radius 1 is 1.15 bits per heavy atom. The van der Waals surface area contributed by atoms with Gasteiger partial charge in [0.1, 0.15) is 5.60 Å². The summed E-state index contributed by atoms with van der Waals surface area (Å²) in [6, 6.07) is 9.58. The lowest BCUT2D eigenvalue weighted by molar-refractivity contribution is -0.123. The Kier molecular flexibility index (Phi) is 4.77. The molecule has 0 saturated carbocycles. The van der Waals surface area contributed by atoms with Crippen LogP contribution in [0, 0.1) is 5.92 Å². The van der Waals surface area contributed by atoms with Crippen LogP contribution in [0.2, 0.25) is 0 Å². The molecule has 0 spiro atoms. The summed E-state index contributed by atoms with van der Waals surface area (Å²) in [7, 11) is 0. The van der Waals surface area contributed by atoms with Gasteiger partial charge in [-0.1, -0.05) is 62.9 Å². The predicted octanol–water partition coefficient (Wildman–Crippen LogP) is 3.99. The quantitative estimate of drug-likeness (QED) is 0.795. The smallest absolute Gasteiger partial charge is 0.162 e. The largest absolute Gasteiger partial charge is 0.380 e. The first-order valence-electron chi connectivity index (χ1n) is 7.61. The summed E-state index contributed by atoms with van der Waals surface area (Å²) in [6.45, 7) is 4.03. The van der Waals surface area contributed by atoms with Gasteiger partial charge in [-0.15, -0.1) is 0 Å². The van der Waals surface area contributed by atoms with Crippen molar-refractivity contribution < 1.29 is 9.90 Å². The summed E-state index contributed by atoms with van der Waals surface area (Å²) in [4.78, 5) is 12.2. The molecule has 1 aromatic carbocycles. The number of allylic oxidation sites excluding steroid dienone is 1. The second-order valence-corrected chi connectivity index (χ2v) is 5.76. The zero-order valence-electron chi connectivity index (χ0n) is 12.4. The maximum atomic E-state index is 12.2. The lowest BCUT2D eigenvalue weighted by Crippen LogP contribution is -2.35. The highest BCUT2D eigenvalue weighted by atomic mass is 16.3. The van der Waals surface area contributed by atoms with E-state index in [2.05, 4.69) is 6.92 Å². The van der Waals surface area contributed by atoms with Crippen molar-refractivity contribution in [2.45, 2.75) is 51.6 Å². The van der Waals surface area contributed by atoms with E-state index in [1.807, 2.05) is 37.3 Å². The zero-order chi connectivity index (χ0) is 14.6. The molecule has 0 unspecified atom stereocenters. The van der Waals surface area contributed by atoms with Gasteiger partial charge < -0.3 is 5.11 Å². The van der Waals surface area contributed by atoms with Crippen LogP contribution in [-0.4, -0.2) is 10.9 Å². The van der Waals surface area contributed by atoms with Crippen LogP contribution >= 0.6 is 0 Å². The molecule has 20 heavy (non-hydrogen) atoms. The molecule has 1 N–H and O–H groups in total. The second kappa shape index (κ2) is 6.36. The number of ketones is 1. The Morgan fingerprint density at radius 3 is 2.50 bits per heavy atom. The van der Waals surface area contributed by atoms with Gasteiger partial charge in [0.2, 0.25) is 0 Å². The van der Waals surface area contributed by atoms with Gasteiger partial charge in [0, 0.05) is 0 Å². The van der Waals surface area contributed by atoms with Crippen LogP contribution in [0.25, 0.3) is 0 Å². The van der Waals surface area contributed by atoms with Gasteiger partial charge >= 0.3 is 0 Å². The molecule has 0 aromatic heterocycles. The summed E-state index contributed by atoms with van der Waals surface area (Å²) in [5.41, 5.74) is 0.499. The molecule has 0 fully saturated rings. The molecule has 2 nitrogen and oxygen atoms in total. The van der Waals surface area contributed by atoms with E-state index in [-0.39, 0.29) is 11.7 Å². The number of unbranched alkanes of at least 4 members (excludes halogenated alkanes) is 3. The van der Waals surface area contributed by atoms with E-state index in [0.29, 0.717) is 0 Å². The summed E-state index contributed by atoms with van der Waals surface area (Å²) >= 11 is 0. The molecule has 1 aromatic rings. The maximum Gasteiger partial charge on any atom is 0.162 e. The van der Waals surface area contributed by atoms with Crippen LogP contribution in [0.1, 0.15) is 51.5 Å². The van der Waals surface area contributed by atoms with Crippen molar-refractivity contribution in [2.24, 2.45) is 5.92 Å². The van der Waals surface area contributed by atoms with Crippen LogP contribution in [0.5, 0.6) is 0 Å². The lowest BCUT2D eigenvalue weighted by atomic mass is 9.77. The molecule has 1 aliphatic carbocycles. The number of rotatable bonds is 6. The number of aliphatic hydroxyl groups is 1. The minimum absolute atomic E-state index is 0.0744. The third kappa shape index (κ3) is 2.71. The van der Waals surface area contributed by atoms with E-state index >= 15 is 0 Å². The average Bonchev–Trinajstić information content (AvgIpc) is 2.68. The maximum absolute atomic E-state index is 12.2. The van der Waals surface area contributed by atoms with Crippen molar-refractivity contribution in [3.8, 4) is 0 Å². The molecule has 2 heteroatoms. The standard InChI is InChI=1S/C18H24O2/c1-3-4-5-9-12-16-17(19)13-14(2)18(16,20)15-10-7-6-8-11-15/h6-8,10-11,13,16,20H,3-5,9,12H2,1-2H3/t16-,18+/m0/s1. The molecule has 0 saturated heterocycles. The van der Waals surface area contributed by atoms with Gasteiger partial charge in [-0.3, -0.25) is 4.79 Å². The molecule has 0 radical (unpaired) electrons. The first-order chi connectivity index (χ1) is 9.60. The highest BCUT2D eigenvalue weighted by Gasteiger charge is 2.47. The third-order valence-corrected chi connectivity index (χ3v) is 4.37. The highest BCUT2D eigenvalue weighted by molar-refractivity contribution is 5.97. The number of carbonyl (C=O) groups is 1. The topological polar surface area (TPSA) is 37.3 Å². The van der Waals surface area contributed by atoms with Gasteiger partial charge in [0.05, 0.1) is 5.92 Å². The van der Waals surface area contributed by atoms with Crippen molar-refractivity contribution in [3.63, 3.8) is 0 Å². The van der Waals surface area contributed by atoms with Crippen molar-refractivity contribution in [3.05, 3.63) is 47.5 Å². The summed E-state index contributed by atoms with van der Waals surface area (Å²) < 4.78 is 0. The van der Waals surface area contributed by atoms with Crippen LogP contribution < -0.4 is 0 Å². The van der Waals surface area contributed by atoms with E-state index in [0.717, 1.165) is 30.4 Å². The SMILES string of the molecule is CCCCCC[C@H]1C(=O)C=C(C)[C@@]1(O)c1ccccc1. The molecule has 2 atom stereocenters. The van der Waals surface area contributed by atoms with E-state index in [1.165, 1.54) is 12.8 Å². The van der Waals surface area contributed by atoms with Gasteiger partial charge in [-0.2, -0.15) is 0 Å². The number of benzene rings is 1. The van der Waals surface area contributed by atoms with Crippen molar-refractivity contribution in [2.75, 3.05) is 0 Å². The van der Waals surface area contributed by atoms with Crippen LogP contribution in [0.4, 0.5) is 0 Å². The lowest BCUT2D eigenvalue weighted by Gasteiger charge is -2.32. The minimum Gasteiger partial charge on any atom is -0.380 e. The van der Waals surface area contributed by atoms with Crippen molar-refractivity contribution >= 4 is 5.78 Å². The third-order valence-electron chi connectivity index (χ3n) is 4.37. The summed E-state index contributed by atoms with van der Waals surface area (Å²) in [5, 5.41) is 11.1. The van der Waals surface area contributed by atoms with Crippen LogP contribution in [0.15, 0.2) is 42.0 Å². The predicted molar refractivity (Wildman–Crippen MR) is 81.4 cm³/mol. The second-order valence-electron chi connectivity index (χ2n) is 5.76. The van der Waals surface area contributed by atoms with Gasteiger partial charge in [-0.25, -0.2) is 0 Å². The van der Waals surface area contributed by atoms with E-state index in [4.69, 9.17) is 0 Å². The van der Waals surface area contributed by atoms with Gasteiger partial charge in [0.15, 0.2) is 5.78 Å². The van der Waals surface area contributed by atoms with E-state index in [9.17, 15) is 9.90 Å². The molecule has 1 aliphatic rings. The monoisotopic (exact) mass is 272 g/mol. The molecule has 0 aliphatic heterocycles. The molecular weight excluding hydrogens is 248 g/mol. The fraction of sp³-hybridized carbons (Fsp3) is 0.500. The van der Waals surface area contributed by atoms with E-state index < -0.39 is 5.60 Å². The summed E-state index contributed by atoms with van der Waals surface area (Å²) in [5.74, 6) is -0.243. The number of hydrogen-bond donors (Lipinski definition) is 1. The Morgan fingerprint density at radius 2 is 1.85 bits per heavy atom. The molecule has 0 heterocycles. The fourth-order valence-corrected chi connectivity index (χ4v) is 3.15. The molecule has 0 amide bonds. The first kappa shape index (κ1) is 15.0. The Labute approximate surface area is 121 Å². The molecule has 2 rings (SSSR count). The Bertz CT molecular complexity index is 489. The average molecular weight is 272 g/mol. The fourth-order valence-electron chi connectivity index (χ4n) is 3.15. The molecule has 0 bridgehead atoms. The van der Waals surface area contributed by atoms with E-state index in [1.54, 1.807) is 6.08 Å². The normalized spacial score (nSPS) is 25.9. The van der Waals surface area contributed by atoms with Crippen LogP contribution in [-0.2, 0) is 10.4 Å².